The molecule has 0 aliphatic heterocycles. The maximum Gasteiger partial charge on any atom is 0.272 e. The van der Waals surface area contributed by atoms with E-state index in [4.69, 9.17) is 4.74 Å². The molecule has 1 aromatic heterocycles. The van der Waals surface area contributed by atoms with Crippen LogP contribution in [0.4, 0.5) is 14.6 Å². The van der Waals surface area contributed by atoms with Crippen LogP contribution in [-0.2, 0) is 0 Å². The Balaban J connectivity index is 2.56. The smallest absolute Gasteiger partial charge is 0.272 e. The van der Waals surface area contributed by atoms with Gasteiger partial charge in [0.1, 0.15) is 5.82 Å². The van der Waals surface area contributed by atoms with Crippen molar-refractivity contribution in [3.8, 4) is 5.88 Å². The molecule has 0 aliphatic carbocycles. The number of ether oxygens (including phenoxy) is 1. The van der Waals surface area contributed by atoms with Crippen LogP contribution in [0.15, 0.2) is 18.2 Å². The summed E-state index contributed by atoms with van der Waals surface area (Å²) in [4.78, 5) is 4.07. The van der Waals surface area contributed by atoms with Crippen molar-refractivity contribution < 1.29 is 13.5 Å². The maximum atomic E-state index is 11.9. The first kappa shape index (κ1) is 12.7. The van der Waals surface area contributed by atoms with Gasteiger partial charge in [-0.05, 0) is 19.4 Å². The highest BCUT2D eigenvalue weighted by atomic mass is 19.3. The first-order chi connectivity index (χ1) is 7.61. The van der Waals surface area contributed by atoms with Gasteiger partial charge in [0.05, 0.1) is 0 Å². The number of alkyl halides is 2. The van der Waals surface area contributed by atoms with Crippen molar-refractivity contribution in [2.75, 3.05) is 11.9 Å². The molecule has 1 heterocycles. The zero-order valence-corrected chi connectivity index (χ0v) is 9.41. The van der Waals surface area contributed by atoms with E-state index in [9.17, 15) is 8.78 Å². The fourth-order valence-electron chi connectivity index (χ4n) is 1.08. The van der Waals surface area contributed by atoms with Gasteiger partial charge in [0.25, 0.3) is 6.43 Å². The van der Waals surface area contributed by atoms with E-state index in [0.29, 0.717) is 5.82 Å². The monoisotopic (exact) mass is 230 g/mol. The minimum absolute atomic E-state index is 0.216. The largest absolute Gasteiger partial charge is 0.472 e. The molecule has 1 aromatic rings. The molecule has 1 rings (SSSR count). The zero-order chi connectivity index (χ0) is 12.0. The Bertz CT molecular complexity index is 321. The van der Waals surface area contributed by atoms with Crippen molar-refractivity contribution >= 4 is 5.82 Å². The lowest BCUT2D eigenvalue weighted by Gasteiger charge is -2.12. The Labute approximate surface area is 93.8 Å². The predicted molar refractivity (Wildman–Crippen MR) is 59.1 cm³/mol. The molecule has 0 fully saturated rings. The van der Waals surface area contributed by atoms with Gasteiger partial charge in [0.2, 0.25) is 5.88 Å². The fraction of sp³-hybridized carbons (Fsp3) is 0.545. The van der Waals surface area contributed by atoms with Gasteiger partial charge in [0, 0.05) is 12.1 Å². The van der Waals surface area contributed by atoms with Gasteiger partial charge < -0.3 is 10.1 Å². The summed E-state index contributed by atoms with van der Waals surface area (Å²) in [7, 11) is 0. The molecule has 0 saturated carbocycles. The van der Waals surface area contributed by atoms with Crippen LogP contribution in [0.5, 0.6) is 5.88 Å². The quantitative estimate of drug-likeness (QED) is 0.815. The summed E-state index contributed by atoms with van der Waals surface area (Å²) >= 11 is 0. The zero-order valence-electron chi connectivity index (χ0n) is 9.41. The second-order valence-electron chi connectivity index (χ2n) is 3.52. The number of halogens is 2. The van der Waals surface area contributed by atoms with Crippen LogP contribution in [0.3, 0.4) is 0 Å². The summed E-state index contributed by atoms with van der Waals surface area (Å²) in [6, 6.07) is 5.35. The normalized spacial score (nSPS) is 12.6. The molecule has 0 aliphatic rings. The third kappa shape index (κ3) is 4.42. The summed E-state index contributed by atoms with van der Waals surface area (Å²) in [6.45, 7) is 3.45. The number of hydrogen-bond acceptors (Lipinski definition) is 3. The molecule has 0 radical (unpaired) electrons. The maximum absolute atomic E-state index is 11.9. The molecule has 1 unspecified atom stereocenters. The Morgan fingerprint density at radius 1 is 1.44 bits per heavy atom. The van der Waals surface area contributed by atoms with Crippen LogP contribution < -0.4 is 10.1 Å². The van der Waals surface area contributed by atoms with Gasteiger partial charge in [-0.3, -0.25) is 0 Å². The minimum atomic E-state index is -2.48. The standard InChI is InChI=1S/C11H16F2N2O/c1-3-8(2)14-10-5-4-6-11(15-10)16-7-9(12)13/h4-6,8-9H,3,7H2,1-2H3,(H,14,15). The van der Waals surface area contributed by atoms with E-state index >= 15 is 0 Å². The molecule has 3 nitrogen and oxygen atoms in total. The third-order valence-corrected chi connectivity index (χ3v) is 2.09. The molecule has 90 valence electrons. The van der Waals surface area contributed by atoms with Crippen LogP contribution in [0, 0.1) is 0 Å². The van der Waals surface area contributed by atoms with Gasteiger partial charge in [-0.2, -0.15) is 4.98 Å². The first-order valence-corrected chi connectivity index (χ1v) is 5.26. The highest BCUT2D eigenvalue weighted by molar-refractivity contribution is 5.37. The van der Waals surface area contributed by atoms with Gasteiger partial charge in [-0.25, -0.2) is 8.78 Å². The lowest BCUT2D eigenvalue weighted by Crippen LogP contribution is -2.15. The van der Waals surface area contributed by atoms with Crippen molar-refractivity contribution in [1.82, 2.24) is 4.98 Å². The van der Waals surface area contributed by atoms with Gasteiger partial charge in [-0.15, -0.1) is 0 Å². The molecular weight excluding hydrogens is 214 g/mol. The summed E-state index contributed by atoms with van der Waals surface area (Å²) in [5.41, 5.74) is 0. The molecule has 5 heteroatoms. The SMILES string of the molecule is CCC(C)Nc1cccc(OCC(F)F)n1. The lowest BCUT2D eigenvalue weighted by molar-refractivity contribution is 0.0796. The minimum Gasteiger partial charge on any atom is -0.472 e. The van der Waals surface area contributed by atoms with E-state index in [0.717, 1.165) is 6.42 Å². The molecule has 1 N–H and O–H groups in total. The number of nitrogens with one attached hydrogen (secondary N) is 1. The van der Waals surface area contributed by atoms with Crippen molar-refractivity contribution in [3.05, 3.63) is 18.2 Å². The number of pyridine rings is 1. The molecule has 16 heavy (non-hydrogen) atoms. The van der Waals surface area contributed by atoms with Crippen molar-refractivity contribution in [2.24, 2.45) is 0 Å². The Kier molecular flexibility index (Phi) is 4.95. The average Bonchev–Trinajstić information content (AvgIpc) is 2.26. The molecule has 0 bridgehead atoms. The van der Waals surface area contributed by atoms with Crippen molar-refractivity contribution in [3.63, 3.8) is 0 Å². The highest BCUT2D eigenvalue weighted by Gasteiger charge is 2.05. The van der Waals surface area contributed by atoms with E-state index in [1.807, 2.05) is 6.92 Å². The average molecular weight is 230 g/mol. The van der Waals surface area contributed by atoms with Crippen molar-refractivity contribution in [2.45, 2.75) is 32.7 Å². The molecule has 0 saturated heterocycles. The summed E-state index contributed by atoms with van der Waals surface area (Å²) in [5.74, 6) is 0.856. The summed E-state index contributed by atoms with van der Waals surface area (Å²) < 4.78 is 28.7. The molecule has 0 spiro atoms. The second kappa shape index (κ2) is 6.25. The number of rotatable bonds is 6. The van der Waals surface area contributed by atoms with E-state index in [-0.39, 0.29) is 11.9 Å². The van der Waals surface area contributed by atoms with Gasteiger partial charge in [0.15, 0.2) is 6.61 Å². The van der Waals surface area contributed by atoms with E-state index < -0.39 is 13.0 Å². The third-order valence-electron chi connectivity index (χ3n) is 2.09. The number of hydrogen-bond donors (Lipinski definition) is 1. The van der Waals surface area contributed by atoms with Crippen LogP contribution >= 0.6 is 0 Å². The number of nitrogens with zero attached hydrogens (tertiary/aromatic N) is 1. The fourth-order valence-corrected chi connectivity index (χ4v) is 1.08. The Morgan fingerprint density at radius 3 is 2.81 bits per heavy atom. The number of aromatic nitrogens is 1. The molecule has 0 aromatic carbocycles. The molecular formula is C11H16F2N2O. The van der Waals surface area contributed by atoms with Crippen LogP contribution in [-0.4, -0.2) is 24.1 Å². The number of anilines is 1. The Hall–Kier alpha value is -1.39. The second-order valence-corrected chi connectivity index (χ2v) is 3.52. The first-order valence-electron chi connectivity index (χ1n) is 5.26. The molecule has 1 atom stereocenters. The van der Waals surface area contributed by atoms with Crippen LogP contribution in [0.25, 0.3) is 0 Å². The van der Waals surface area contributed by atoms with E-state index in [2.05, 4.69) is 17.2 Å². The predicted octanol–water partition coefficient (Wildman–Crippen LogP) is 2.94. The van der Waals surface area contributed by atoms with E-state index in [1.54, 1.807) is 18.2 Å². The van der Waals surface area contributed by atoms with Crippen molar-refractivity contribution in [1.29, 1.82) is 0 Å². The lowest BCUT2D eigenvalue weighted by atomic mass is 10.2. The molecule has 0 amide bonds. The summed E-state index contributed by atoms with van der Waals surface area (Å²) in [5, 5.41) is 3.14. The highest BCUT2D eigenvalue weighted by Crippen LogP contribution is 2.13. The topological polar surface area (TPSA) is 34.1 Å². The van der Waals surface area contributed by atoms with Crippen LogP contribution in [0.1, 0.15) is 20.3 Å². The van der Waals surface area contributed by atoms with Gasteiger partial charge in [-0.1, -0.05) is 13.0 Å². The summed E-state index contributed by atoms with van der Waals surface area (Å²) in [6.07, 6.45) is -1.52. The van der Waals surface area contributed by atoms with Crippen LogP contribution in [0.2, 0.25) is 0 Å². The Morgan fingerprint density at radius 2 is 2.19 bits per heavy atom. The van der Waals surface area contributed by atoms with Gasteiger partial charge >= 0.3 is 0 Å². The van der Waals surface area contributed by atoms with E-state index in [1.165, 1.54) is 0 Å².